The molecule has 1 heterocycles. The molecule has 36 heavy (non-hydrogen) atoms. The Morgan fingerprint density at radius 1 is 1.06 bits per heavy atom. The molecule has 9 heteroatoms. The Kier molecular flexibility index (Phi) is 9.98. The van der Waals surface area contributed by atoms with E-state index in [1.165, 1.54) is 4.90 Å². The van der Waals surface area contributed by atoms with Crippen molar-refractivity contribution in [3.05, 3.63) is 30.3 Å². The van der Waals surface area contributed by atoms with Crippen LogP contribution in [0, 0.1) is 17.8 Å². The summed E-state index contributed by atoms with van der Waals surface area (Å²) in [6, 6.07) is 8.21. The van der Waals surface area contributed by atoms with Gasteiger partial charge in [0.05, 0.1) is 0 Å². The summed E-state index contributed by atoms with van der Waals surface area (Å²) in [7, 11) is 1.67. The summed E-state index contributed by atoms with van der Waals surface area (Å²) in [5.74, 6) is -0.847. The Hall–Kier alpha value is -2.81. The van der Waals surface area contributed by atoms with Crippen molar-refractivity contribution in [2.45, 2.75) is 78.3 Å². The van der Waals surface area contributed by atoms with Crippen molar-refractivity contribution < 1.29 is 14.4 Å². The van der Waals surface area contributed by atoms with Gasteiger partial charge >= 0.3 is 0 Å². The Labute approximate surface area is 218 Å². The van der Waals surface area contributed by atoms with Gasteiger partial charge in [0.1, 0.15) is 22.8 Å². The molecule has 1 aliphatic rings. The maximum absolute atomic E-state index is 13.8. The number of nitrogens with one attached hydrogen (secondary N) is 2. The Morgan fingerprint density at radius 2 is 1.72 bits per heavy atom. The van der Waals surface area contributed by atoms with Gasteiger partial charge in [0.25, 0.3) is 0 Å². The predicted octanol–water partition coefficient (Wildman–Crippen LogP) is 4.74. The minimum atomic E-state index is -0.713. The summed E-state index contributed by atoms with van der Waals surface area (Å²) in [4.78, 5) is 41.7. The van der Waals surface area contributed by atoms with Crippen molar-refractivity contribution in [3.63, 3.8) is 0 Å². The fraction of sp³-hybridized carbons (Fsp3) is 0.593. The summed E-state index contributed by atoms with van der Waals surface area (Å²) < 4.78 is 4.03. The van der Waals surface area contributed by atoms with Gasteiger partial charge in [-0.05, 0) is 31.1 Å². The molecule has 0 unspecified atom stereocenters. The smallest absolute Gasteiger partial charge is 0.248 e. The first-order valence-corrected chi connectivity index (χ1v) is 13.8. The summed E-state index contributed by atoms with van der Waals surface area (Å²) in [5.41, 5.74) is 1.46. The molecule has 1 saturated carbocycles. The molecule has 3 amide bonds. The number of hydrogen-bond acceptors (Lipinski definition) is 6. The zero-order valence-electron chi connectivity index (χ0n) is 22.0. The largest absolute Gasteiger partial charge is 0.344 e. The molecular formula is C27H39N5O3S. The standard InChI is InChI=1S/C27H39N5O3S/c1-6-18(4)24(33)28-22(20-15-11-8-12-16-20)27(35)32(5)23(17(2)3)25(34)29-26-21(30-31-36-26)19-13-9-7-10-14-19/h7,9-10,13-14,17-18,20,22-23H,6,8,11-12,15-16H2,1-5H3,(H,28,33)(H,29,34)/t18-,22+,23+/m1/s1. The van der Waals surface area contributed by atoms with Crippen molar-refractivity contribution in [3.8, 4) is 11.3 Å². The second-order valence-corrected chi connectivity index (χ2v) is 10.9. The molecule has 8 nitrogen and oxygen atoms in total. The first-order valence-electron chi connectivity index (χ1n) is 13.0. The van der Waals surface area contributed by atoms with Gasteiger partial charge < -0.3 is 15.5 Å². The maximum Gasteiger partial charge on any atom is 0.248 e. The number of aromatic nitrogens is 2. The van der Waals surface area contributed by atoms with Crippen LogP contribution in [-0.4, -0.2) is 51.3 Å². The molecular weight excluding hydrogens is 474 g/mol. The number of nitrogens with zero attached hydrogens (tertiary/aromatic N) is 3. The molecule has 3 rings (SSSR count). The predicted molar refractivity (Wildman–Crippen MR) is 143 cm³/mol. The Morgan fingerprint density at radius 3 is 2.33 bits per heavy atom. The van der Waals surface area contributed by atoms with E-state index in [0.29, 0.717) is 17.1 Å². The van der Waals surface area contributed by atoms with Gasteiger partial charge in [-0.3, -0.25) is 14.4 Å². The van der Waals surface area contributed by atoms with Crippen molar-refractivity contribution in [2.75, 3.05) is 12.4 Å². The molecule has 1 fully saturated rings. The molecule has 0 saturated heterocycles. The van der Waals surface area contributed by atoms with E-state index in [2.05, 4.69) is 20.2 Å². The highest BCUT2D eigenvalue weighted by atomic mass is 32.1. The van der Waals surface area contributed by atoms with Crippen molar-refractivity contribution in [1.29, 1.82) is 0 Å². The SMILES string of the molecule is CC[C@@H](C)C(=O)N[C@H](C(=O)N(C)[C@H](C(=O)Nc1snnc1-c1ccccc1)C(C)C)C1CCCCC1. The third-order valence-corrected chi connectivity index (χ3v) is 7.82. The van der Waals surface area contributed by atoms with E-state index in [1.807, 2.05) is 58.0 Å². The van der Waals surface area contributed by atoms with Gasteiger partial charge in [-0.1, -0.05) is 81.8 Å². The molecule has 2 aromatic rings. The lowest BCUT2D eigenvalue weighted by Gasteiger charge is -2.37. The normalized spacial score (nSPS) is 16.7. The molecule has 1 aromatic carbocycles. The van der Waals surface area contributed by atoms with Gasteiger partial charge in [0.15, 0.2) is 0 Å². The lowest BCUT2D eigenvalue weighted by atomic mass is 9.82. The van der Waals surface area contributed by atoms with Crippen LogP contribution < -0.4 is 10.6 Å². The first kappa shape index (κ1) is 27.8. The van der Waals surface area contributed by atoms with Crippen LogP contribution in [0.4, 0.5) is 5.00 Å². The molecule has 1 aromatic heterocycles. The number of carbonyl (C=O) groups is 3. The van der Waals surface area contributed by atoms with E-state index in [4.69, 9.17) is 0 Å². The van der Waals surface area contributed by atoms with Gasteiger partial charge in [0.2, 0.25) is 17.7 Å². The van der Waals surface area contributed by atoms with Crippen LogP contribution in [0.25, 0.3) is 11.3 Å². The lowest BCUT2D eigenvalue weighted by Crippen LogP contribution is -2.57. The quantitative estimate of drug-likeness (QED) is 0.478. The second kappa shape index (κ2) is 12.9. The van der Waals surface area contributed by atoms with Crippen LogP contribution in [0.3, 0.4) is 0 Å². The Balaban J connectivity index is 1.81. The van der Waals surface area contributed by atoms with E-state index in [-0.39, 0.29) is 35.5 Å². The summed E-state index contributed by atoms with van der Waals surface area (Å²) in [5, 5.41) is 10.8. The molecule has 196 valence electrons. The molecule has 0 radical (unpaired) electrons. The number of carbonyl (C=O) groups excluding carboxylic acids is 3. The van der Waals surface area contributed by atoms with Crippen LogP contribution in [-0.2, 0) is 14.4 Å². The average Bonchev–Trinajstić information content (AvgIpc) is 3.35. The third-order valence-electron chi connectivity index (χ3n) is 7.18. The van der Waals surface area contributed by atoms with E-state index in [1.54, 1.807) is 7.05 Å². The molecule has 3 atom stereocenters. The van der Waals surface area contributed by atoms with Crippen molar-refractivity contribution >= 4 is 34.3 Å². The van der Waals surface area contributed by atoms with E-state index in [9.17, 15) is 14.4 Å². The van der Waals surface area contributed by atoms with Crippen LogP contribution in [0.1, 0.15) is 66.2 Å². The highest BCUT2D eigenvalue weighted by molar-refractivity contribution is 7.10. The van der Waals surface area contributed by atoms with Gasteiger partial charge in [0, 0.05) is 30.1 Å². The summed E-state index contributed by atoms with van der Waals surface area (Å²) >= 11 is 1.11. The number of hydrogen-bond donors (Lipinski definition) is 2. The fourth-order valence-corrected chi connectivity index (χ4v) is 5.45. The zero-order valence-corrected chi connectivity index (χ0v) is 22.8. The third kappa shape index (κ3) is 6.69. The zero-order chi connectivity index (χ0) is 26.2. The van der Waals surface area contributed by atoms with E-state index >= 15 is 0 Å². The van der Waals surface area contributed by atoms with Crippen LogP contribution in [0.15, 0.2) is 30.3 Å². The van der Waals surface area contributed by atoms with Crippen molar-refractivity contribution in [2.24, 2.45) is 17.8 Å². The number of rotatable bonds is 10. The van der Waals surface area contributed by atoms with Crippen LogP contribution >= 0.6 is 11.5 Å². The fourth-order valence-electron chi connectivity index (χ4n) is 4.86. The highest BCUT2D eigenvalue weighted by Crippen LogP contribution is 2.31. The summed E-state index contributed by atoms with van der Waals surface area (Å²) in [6.07, 6.45) is 5.75. The lowest BCUT2D eigenvalue weighted by molar-refractivity contribution is -0.143. The molecule has 1 aliphatic carbocycles. The summed E-state index contributed by atoms with van der Waals surface area (Å²) in [6.45, 7) is 7.68. The van der Waals surface area contributed by atoms with E-state index < -0.39 is 12.1 Å². The Bertz CT molecular complexity index is 1020. The molecule has 2 N–H and O–H groups in total. The molecule has 0 bridgehead atoms. The van der Waals surface area contributed by atoms with Gasteiger partial charge in [-0.25, -0.2) is 0 Å². The first-order chi connectivity index (χ1) is 17.2. The number of amides is 3. The van der Waals surface area contributed by atoms with Gasteiger partial charge in [-0.15, -0.1) is 5.10 Å². The number of anilines is 1. The molecule has 0 spiro atoms. The highest BCUT2D eigenvalue weighted by Gasteiger charge is 2.38. The van der Waals surface area contributed by atoms with E-state index in [0.717, 1.165) is 49.2 Å². The average molecular weight is 514 g/mol. The topological polar surface area (TPSA) is 104 Å². The minimum Gasteiger partial charge on any atom is -0.344 e. The van der Waals surface area contributed by atoms with Gasteiger partial charge in [-0.2, -0.15) is 0 Å². The molecule has 0 aliphatic heterocycles. The van der Waals surface area contributed by atoms with Crippen molar-refractivity contribution in [1.82, 2.24) is 19.8 Å². The second-order valence-electron chi connectivity index (χ2n) is 10.1. The maximum atomic E-state index is 13.8. The minimum absolute atomic E-state index is 0.0768. The van der Waals surface area contributed by atoms with Crippen LogP contribution in [0.5, 0.6) is 0 Å². The number of benzene rings is 1. The monoisotopic (exact) mass is 513 g/mol. The number of likely N-dealkylation sites (N-methyl/N-ethyl adjacent to an activating group) is 1. The van der Waals surface area contributed by atoms with Crippen LogP contribution in [0.2, 0.25) is 0 Å².